The van der Waals surface area contributed by atoms with Crippen LogP contribution in [-0.4, -0.2) is 24.5 Å². The molecule has 0 aromatic carbocycles. The number of aromatic nitrogens is 3. The zero-order chi connectivity index (χ0) is 19.7. The Labute approximate surface area is 171 Å². The highest BCUT2D eigenvalue weighted by Gasteiger charge is 2.41. The van der Waals surface area contributed by atoms with Gasteiger partial charge < -0.3 is 14.8 Å². The molecular weight excluding hydrogens is 366 g/mol. The third-order valence-corrected chi connectivity index (χ3v) is 5.87. The summed E-state index contributed by atoms with van der Waals surface area (Å²) in [6.45, 7) is 8.22. The lowest BCUT2D eigenvalue weighted by atomic mass is 9.96. The Hall–Kier alpha value is -2.73. The molecule has 4 heterocycles. The van der Waals surface area contributed by atoms with Gasteiger partial charge in [-0.1, -0.05) is 12.1 Å². The Bertz CT molecular complexity index is 967. The average Bonchev–Trinajstić information content (AvgIpc) is 3.19. The Balaban J connectivity index is 1.80. The minimum atomic E-state index is 0.0103. The van der Waals surface area contributed by atoms with Crippen LogP contribution in [0.2, 0.25) is 0 Å². The van der Waals surface area contributed by atoms with Crippen molar-refractivity contribution in [3.8, 4) is 0 Å². The predicted molar refractivity (Wildman–Crippen MR) is 115 cm³/mol. The van der Waals surface area contributed by atoms with Crippen LogP contribution in [-0.2, 0) is 13.1 Å². The van der Waals surface area contributed by atoms with Crippen molar-refractivity contribution in [3.05, 3.63) is 83.2 Å². The fourth-order valence-corrected chi connectivity index (χ4v) is 4.52. The lowest BCUT2D eigenvalue weighted by Crippen LogP contribution is -2.29. The number of hydrogen-bond donors (Lipinski definition) is 1. The molecule has 3 aromatic rings. The van der Waals surface area contributed by atoms with Gasteiger partial charge >= 0.3 is 0 Å². The molecular formula is C22H25N5S. The van der Waals surface area contributed by atoms with E-state index in [4.69, 9.17) is 12.2 Å². The fraction of sp³-hybridized carbons (Fsp3) is 0.318. The van der Waals surface area contributed by atoms with E-state index < -0.39 is 0 Å². The Kier molecular flexibility index (Phi) is 5.13. The summed E-state index contributed by atoms with van der Waals surface area (Å²) in [7, 11) is 0. The van der Waals surface area contributed by atoms with Crippen LogP contribution < -0.4 is 5.32 Å². The molecule has 28 heavy (non-hydrogen) atoms. The van der Waals surface area contributed by atoms with Crippen LogP contribution in [0.4, 0.5) is 0 Å². The maximum atomic E-state index is 5.76. The normalized spacial score (nSPS) is 19.1. The summed E-state index contributed by atoms with van der Waals surface area (Å²) in [6.07, 6.45) is 5.55. The molecule has 144 valence electrons. The van der Waals surface area contributed by atoms with Gasteiger partial charge in [-0.05, 0) is 68.4 Å². The van der Waals surface area contributed by atoms with Gasteiger partial charge in [0.15, 0.2) is 5.11 Å². The number of nitrogens with one attached hydrogen (secondary N) is 1. The van der Waals surface area contributed by atoms with E-state index in [0.29, 0.717) is 6.54 Å². The largest absolute Gasteiger partial charge is 0.352 e. The molecule has 1 aliphatic rings. The number of rotatable bonds is 5. The van der Waals surface area contributed by atoms with Crippen molar-refractivity contribution < 1.29 is 0 Å². The monoisotopic (exact) mass is 391 g/mol. The van der Waals surface area contributed by atoms with Crippen LogP contribution in [0, 0.1) is 13.8 Å². The molecule has 1 N–H and O–H groups in total. The molecule has 0 saturated carbocycles. The summed E-state index contributed by atoms with van der Waals surface area (Å²) in [5.74, 6) is 0. The summed E-state index contributed by atoms with van der Waals surface area (Å²) >= 11 is 5.76. The van der Waals surface area contributed by atoms with Crippen molar-refractivity contribution in [3.63, 3.8) is 0 Å². The summed E-state index contributed by atoms with van der Waals surface area (Å²) in [5.41, 5.74) is 6.00. The standard InChI is InChI=1S/C22H25N5S/c1-4-26-15(2)12-18(16(26)3)21-20(19-9-5-6-11-24-19)25-22(28)27(21)14-17-8-7-10-23-13-17/h5-13,20-21H,4,14H2,1-3H3,(H,25,28)/t20-,21-/m0/s1. The third kappa shape index (κ3) is 3.29. The van der Waals surface area contributed by atoms with Gasteiger partial charge in [0.2, 0.25) is 0 Å². The van der Waals surface area contributed by atoms with Crippen molar-refractivity contribution in [2.45, 2.75) is 45.9 Å². The van der Waals surface area contributed by atoms with E-state index in [1.807, 2.05) is 30.6 Å². The SMILES string of the molecule is CCn1c(C)cc([C@H]2[C@H](c3ccccn3)NC(=S)N2Cc2cccnc2)c1C. The van der Waals surface area contributed by atoms with Gasteiger partial charge in [0.05, 0.1) is 17.8 Å². The minimum absolute atomic E-state index is 0.0103. The molecule has 4 rings (SSSR count). The molecule has 5 nitrogen and oxygen atoms in total. The first kappa shape index (κ1) is 18.6. The Morgan fingerprint density at radius 1 is 1.14 bits per heavy atom. The molecule has 6 heteroatoms. The van der Waals surface area contributed by atoms with Crippen LogP contribution in [0.5, 0.6) is 0 Å². The molecule has 3 aromatic heterocycles. The van der Waals surface area contributed by atoms with Gasteiger partial charge in [-0.3, -0.25) is 9.97 Å². The lowest BCUT2D eigenvalue weighted by Gasteiger charge is -2.28. The van der Waals surface area contributed by atoms with Crippen LogP contribution in [0.1, 0.15) is 47.2 Å². The third-order valence-electron chi connectivity index (χ3n) is 5.52. The van der Waals surface area contributed by atoms with Gasteiger partial charge in [0.25, 0.3) is 0 Å². The lowest BCUT2D eigenvalue weighted by molar-refractivity contribution is 0.309. The second-order valence-electron chi connectivity index (χ2n) is 7.19. The predicted octanol–water partition coefficient (Wildman–Crippen LogP) is 4.09. The maximum absolute atomic E-state index is 5.76. The Morgan fingerprint density at radius 2 is 2.00 bits per heavy atom. The van der Waals surface area contributed by atoms with Gasteiger partial charge in [0.1, 0.15) is 0 Å². The van der Waals surface area contributed by atoms with Crippen molar-refractivity contribution in [2.24, 2.45) is 0 Å². The van der Waals surface area contributed by atoms with Crippen LogP contribution in [0.3, 0.4) is 0 Å². The molecule has 1 fully saturated rings. The van der Waals surface area contributed by atoms with E-state index >= 15 is 0 Å². The number of nitrogens with zero attached hydrogens (tertiary/aromatic N) is 4. The highest BCUT2D eigenvalue weighted by Crippen LogP contribution is 2.41. The molecule has 1 aliphatic heterocycles. The van der Waals surface area contributed by atoms with Crippen LogP contribution in [0.15, 0.2) is 55.0 Å². The minimum Gasteiger partial charge on any atom is -0.352 e. The maximum Gasteiger partial charge on any atom is 0.170 e. The zero-order valence-electron chi connectivity index (χ0n) is 16.5. The highest BCUT2D eigenvalue weighted by molar-refractivity contribution is 7.80. The first-order valence-electron chi connectivity index (χ1n) is 9.63. The molecule has 0 bridgehead atoms. The number of aryl methyl sites for hydroxylation is 1. The molecule has 2 atom stereocenters. The quantitative estimate of drug-likeness (QED) is 0.664. The van der Waals surface area contributed by atoms with Gasteiger partial charge in [-0.2, -0.15) is 0 Å². The first-order chi connectivity index (χ1) is 13.6. The smallest absolute Gasteiger partial charge is 0.170 e. The highest BCUT2D eigenvalue weighted by atomic mass is 32.1. The van der Waals surface area contributed by atoms with Crippen molar-refractivity contribution in [1.82, 2.24) is 24.8 Å². The number of hydrogen-bond acceptors (Lipinski definition) is 3. The van der Waals surface area contributed by atoms with E-state index in [-0.39, 0.29) is 12.1 Å². The Morgan fingerprint density at radius 3 is 2.64 bits per heavy atom. The molecule has 0 radical (unpaired) electrons. The van der Waals surface area contributed by atoms with E-state index in [0.717, 1.165) is 22.9 Å². The van der Waals surface area contributed by atoms with E-state index in [2.05, 4.69) is 63.7 Å². The average molecular weight is 392 g/mol. The summed E-state index contributed by atoms with van der Waals surface area (Å²) < 4.78 is 2.36. The van der Waals surface area contributed by atoms with Crippen molar-refractivity contribution in [2.75, 3.05) is 0 Å². The second kappa shape index (κ2) is 7.72. The number of thiocarbonyl (C=S) groups is 1. The molecule has 0 unspecified atom stereocenters. The zero-order valence-corrected chi connectivity index (χ0v) is 17.3. The molecule has 1 saturated heterocycles. The van der Waals surface area contributed by atoms with E-state index in [1.54, 1.807) is 6.20 Å². The summed E-state index contributed by atoms with van der Waals surface area (Å²) in [6, 6.07) is 12.5. The molecule has 0 aliphatic carbocycles. The van der Waals surface area contributed by atoms with Crippen molar-refractivity contribution >= 4 is 17.3 Å². The van der Waals surface area contributed by atoms with E-state index in [9.17, 15) is 0 Å². The molecule has 0 spiro atoms. The number of pyridine rings is 2. The van der Waals surface area contributed by atoms with Gasteiger partial charge in [0, 0.05) is 43.1 Å². The van der Waals surface area contributed by atoms with Crippen LogP contribution >= 0.6 is 12.2 Å². The topological polar surface area (TPSA) is 46.0 Å². The fourth-order valence-electron chi connectivity index (χ4n) is 4.22. The van der Waals surface area contributed by atoms with Gasteiger partial charge in [-0.15, -0.1) is 0 Å². The van der Waals surface area contributed by atoms with Crippen LogP contribution in [0.25, 0.3) is 0 Å². The second-order valence-corrected chi connectivity index (χ2v) is 7.57. The van der Waals surface area contributed by atoms with E-state index in [1.165, 1.54) is 17.0 Å². The summed E-state index contributed by atoms with van der Waals surface area (Å²) in [4.78, 5) is 11.2. The first-order valence-corrected chi connectivity index (χ1v) is 10.0. The van der Waals surface area contributed by atoms with Gasteiger partial charge in [-0.25, -0.2) is 0 Å². The van der Waals surface area contributed by atoms with Crippen molar-refractivity contribution in [1.29, 1.82) is 0 Å². The molecule has 0 amide bonds. The summed E-state index contributed by atoms with van der Waals surface area (Å²) in [5, 5.41) is 4.28.